The maximum atomic E-state index is 11.9. The number of amides is 1. The highest BCUT2D eigenvalue weighted by molar-refractivity contribution is 5.96. The molecule has 1 atom stereocenters. The Morgan fingerprint density at radius 2 is 2.00 bits per heavy atom. The molecule has 1 rings (SSSR count). The summed E-state index contributed by atoms with van der Waals surface area (Å²) in [6.45, 7) is 0.378. The Bertz CT molecular complexity index is 536. The molecule has 21 heavy (non-hydrogen) atoms. The van der Waals surface area contributed by atoms with E-state index in [-0.39, 0.29) is 5.91 Å². The molecule has 0 saturated heterocycles. The predicted octanol–water partition coefficient (Wildman–Crippen LogP) is 2.28. The molecule has 7 nitrogen and oxygen atoms in total. The van der Waals surface area contributed by atoms with E-state index in [0.29, 0.717) is 49.5 Å². The smallest absolute Gasteiger partial charge is 0.251 e. The van der Waals surface area contributed by atoms with Crippen LogP contribution in [0.2, 0.25) is 0 Å². The highest BCUT2D eigenvalue weighted by Crippen LogP contribution is 2.05. The molecule has 0 aromatic heterocycles. The highest BCUT2D eigenvalue weighted by Gasteiger charge is 2.12. The fourth-order valence-electron chi connectivity index (χ4n) is 1.73. The molecule has 0 spiro atoms. The topological polar surface area (TPSA) is 112 Å². The molecule has 1 aromatic rings. The van der Waals surface area contributed by atoms with Crippen molar-refractivity contribution in [2.45, 2.75) is 25.3 Å². The number of unbranched alkanes of at least 4 members (excludes halogenated alkanes) is 1. The Hall–Kier alpha value is -2.66. The summed E-state index contributed by atoms with van der Waals surface area (Å²) in [5.74, 6) is -0.361. The molecule has 0 bridgehead atoms. The largest absolute Gasteiger partial charge is 0.343 e. The van der Waals surface area contributed by atoms with Gasteiger partial charge in [-0.3, -0.25) is 9.59 Å². The average Bonchev–Trinajstić information content (AvgIpc) is 2.53. The highest BCUT2D eigenvalue weighted by atomic mass is 16.2. The second-order valence-electron chi connectivity index (χ2n) is 4.41. The number of azide groups is 1. The molecule has 0 radical (unpaired) electrons. The number of carbonyl (C=O) groups excluding carboxylic acids is 3. The van der Waals surface area contributed by atoms with E-state index < -0.39 is 6.04 Å². The predicted molar refractivity (Wildman–Crippen MR) is 77.0 cm³/mol. The van der Waals surface area contributed by atoms with Crippen LogP contribution >= 0.6 is 0 Å². The SMILES string of the molecule is [N-]=[N+]=NCCCC[C@@H](C=O)NC(=O)c1ccc(C=O)cc1. The fraction of sp³-hybridized carbons (Fsp3) is 0.357. The van der Waals surface area contributed by atoms with Crippen LogP contribution in [-0.2, 0) is 4.79 Å². The first-order chi connectivity index (χ1) is 10.2. The minimum atomic E-state index is -0.575. The number of hydrogen-bond acceptors (Lipinski definition) is 4. The lowest BCUT2D eigenvalue weighted by atomic mass is 10.1. The number of rotatable bonds is 9. The van der Waals surface area contributed by atoms with Crippen LogP contribution in [0.5, 0.6) is 0 Å². The normalized spacial score (nSPS) is 11.0. The fourth-order valence-corrected chi connectivity index (χ4v) is 1.73. The maximum Gasteiger partial charge on any atom is 0.251 e. The van der Waals surface area contributed by atoms with E-state index in [1.54, 1.807) is 0 Å². The third-order valence-corrected chi connectivity index (χ3v) is 2.88. The zero-order chi connectivity index (χ0) is 15.5. The summed E-state index contributed by atoms with van der Waals surface area (Å²) in [5.41, 5.74) is 9.00. The van der Waals surface area contributed by atoms with Crippen molar-refractivity contribution in [3.63, 3.8) is 0 Å². The molecular formula is C14H16N4O3. The summed E-state index contributed by atoms with van der Waals surface area (Å²) in [7, 11) is 0. The summed E-state index contributed by atoms with van der Waals surface area (Å²) in [5, 5.41) is 6.01. The van der Waals surface area contributed by atoms with Crippen LogP contribution < -0.4 is 5.32 Å². The second kappa shape index (κ2) is 9.28. The van der Waals surface area contributed by atoms with Gasteiger partial charge in [0.2, 0.25) is 0 Å². The Kier molecular flexibility index (Phi) is 7.24. The number of hydrogen-bond donors (Lipinski definition) is 1. The summed E-state index contributed by atoms with van der Waals surface area (Å²) >= 11 is 0. The van der Waals surface area contributed by atoms with E-state index >= 15 is 0 Å². The molecule has 0 aliphatic heterocycles. The third kappa shape index (κ3) is 5.88. The standard InChI is InChI=1S/C14H16N4O3/c15-18-16-8-2-1-3-13(10-20)17-14(21)12-6-4-11(9-19)5-7-12/h4-7,9-10,13H,1-3,8H2,(H,17,21)/t13-/m0/s1. The summed E-state index contributed by atoms with van der Waals surface area (Å²) < 4.78 is 0. The van der Waals surface area contributed by atoms with Crippen LogP contribution in [0.3, 0.4) is 0 Å². The van der Waals surface area contributed by atoms with Crippen molar-refractivity contribution in [2.24, 2.45) is 5.11 Å². The van der Waals surface area contributed by atoms with Crippen LogP contribution in [0.15, 0.2) is 29.4 Å². The quantitative estimate of drug-likeness (QED) is 0.247. The van der Waals surface area contributed by atoms with Gasteiger partial charge < -0.3 is 10.1 Å². The van der Waals surface area contributed by atoms with Crippen molar-refractivity contribution >= 4 is 18.5 Å². The lowest BCUT2D eigenvalue weighted by Crippen LogP contribution is -2.36. The monoisotopic (exact) mass is 288 g/mol. The molecule has 1 N–H and O–H groups in total. The van der Waals surface area contributed by atoms with Gasteiger partial charge in [0.25, 0.3) is 5.91 Å². The van der Waals surface area contributed by atoms with E-state index in [1.807, 2.05) is 0 Å². The summed E-state index contributed by atoms with van der Waals surface area (Å²) in [6.07, 6.45) is 3.21. The van der Waals surface area contributed by atoms with Gasteiger partial charge in [0.1, 0.15) is 12.6 Å². The average molecular weight is 288 g/mol. The minimum Gasteiger partial charge on any atom is -0.343 e. The van der Waals surface area contributed by atoms with E-state index in [2.05, 4.69) is 15.3 Å². The molecule has 0 saturated carbocycles. The second-order valence-corrected chi connectivity index (χ2v) is 4.41. The molecule has 0 heterocycles. The number of carbonyl (C=O) groups is 3. The molecule has 0 aliphatic rings. The first-order valence-corrected chi connectivity index (χ1v) is 6.53. The van der Waals surface area contributed by atoms with Gasteiger partial charge in [0.15, 0.2) is 0 Å². The van der Waals surface area contributed by atoms with Gasteiger partial charge in [-0.25, -0.2) is 0 Å². The van der Waals surface area contributed by atoms with Crippen LogP contribution in [0.1, 0.15) is 40.0 Å². The minimum absolute atomic E-state index is 0.361. The molecule has 0 fully saturated rings. The van der Waals surface area contributed by atoms with Crippen molar-refractivity contribution in [1.82, 2.24) is 5.32 Å². The van der Waals surface area contributed by atoms with Crippen molar-refractivity contribution in [3.05, 3.63) is 45.8 Å². The van der Waals surface area contributed by atoms with E-state index in [0.717, 1.165) is 0 Å². The molecule has 1 aromatic carbocycles. The van der Waals surface area contributed by atoms with Gasteiger partial charge in [-0.15, -0.1) is 0 Å². The van der Waals surface area contributed by atoms with E-state index in [9.17, 15) is 14.4 Å². The molecule has 1 amide bonds. The van der Waals surface area contributed by atoms with Crippen LogP contribution in [0, 0.1) is 0 Å². The summed E-state index contributed by atoms with van der Waals surface area (Å²) in [6, 6.07) is 5.56. The number of benzene rings is 1. The Labute approximate surface area is 122 Å². The third-order valence-electron chi connectivity index (χ3n) is 2.88. The number of nitrogens with zero attached hydrogens (tertiary/aromatic N) is 3. The number of aldehydes is 2. The first-order valence-electron chi connectivity index (χ1n) is 6.53. The van der Waals surface area contributed by atoms with Gasteiger partial charge in [-0.2, -0.15) is 0 Å². The van der Waals surface area contributed by atoms with Crippen LogP contribution in [0.25, 0.3) is 10.4 Å². The van der Waals surface area contributed by atoms with Gasteiger partial charge in [-0.1, -0.05) is 23.7 Å². The summed E-state index contributed by atoms with van der Waals surface area (Å²) in [4.78, 5) is 36.0. The first kappa shape index (κ1) is 16.4. The van der Waals surface area contributed by atoms with E-state index in [4.69, 9.17) is 5.53 Å². The lowest BCUT2D eigenvalue weighted by Gasteiger charge is -2.12. The number of nitrogens with one attached hydrogen (secondary N) is 1. The van der Waals surface area contributed by atoms with E-state index in [1.165, 1.54) is 24.3 Å². The molecule has 7 heteroatoms. The Morgan fingerprint density at radius 3 is 2.57 bits per heavy atom. The zero-order valence-electron chi connectivity index (χ0n) is 11.4. The van der Waals surface area contributed by atoms with Crippen molar-refractivity contribution in [1.29, 1.82) is 0 Å². The zero-order valence-corrected chi connectivity index (χ0v) is 11.4. The van der Waals surface area contributed by atoms with Gasteiger partial charge in [0.05, 0.1) is 6.04 Å². The molecular weight excluding hydrogens is 272 g/mol. The van der Waals surface area contributed by atoms with Crippen LogP contribution in [-0.4, -0.2) is 31.1 Å². The van der Waals surface area contributed by atoms with Gasteiger partial charge in [-0.05, 0) is 30.5 Å². The Morgan fingerprint density at radius 1 is 1.29 bits per heavy atom. The van der Waals surface area contributed by atoms with Gasteiger partial charge >= 0.3 is 0 Å². The molecule has 0 aliphatic carbocycles. The Balaban J connectivity index is 2.47. The molecule has 110 valence electrons. The van der Waals surface area contributed by atoms with Crippen LogP contribution in [0.4, 0.5) is 0 Å². The van der Waals surface area contributed by atoms with Crippen molar-refractivity contribution in [3.8, 4) is 0 Å². The van der Waals surface area contributed by atoms with Gasteiger partial charge in [0, 0.05) is 22.6 Å². The maximum absolute atomic E-state index is 11.9. The lowest BCUT2D eigenvalue weighted by molar-refractivity contribution is -0.109. The van der Waals surface area contributed by atoms with Crippen molar-refractivity contribution < 1.29 is 14.4 Å². The molecule has 0 unspecified atom stereocenters. The van der Waals surface area contributed by atoms with Crippen molar-refractivity contribution in [2.75, 3.05) is 6.54 Å².